The third kappa shape index (κ3) is 1.06. The summed E-state index contributed by atoms with van der Waals surface area (Å²) < 4.78 is 1.82. The Kier molecular flexibility index (Phi) is 1.49. The van der Waals surface area contributed by atoms with Gasteiger partial charge in [-0.05, 0) is 25.0 Å². The highest BCUT2D eigenvalue weighted by Crippen LogP contribution is 2.38. The average Bonchev–Trinajstić information content (AvgIpc) is 2.95. The topological polar surface area (TPSA) is 68.2 Å². The lowest BCUT2D eigenvalue weighted by Gasteiger charge is -2.04. The number of fused-ring (bicyclic) bond motifs is 1. The molecule has 0 aliphatic heterocycles. The first-order valence-corrected chi connectivity index (χ1v) is 4.70. The number of rotatable bonds is 2. The van der Waals surface area contributed by atoms with Crippen molar-refractivity contribution in [2.45, 2.75) is 18.8 Å². The van der Waals surface area contributed by atoms with Crippen LogP contribution in [0.15, 0.2) is 18.3 Å². The van der Waals surface area contributed by atoms with Gasteiger partial charge in [0.1, 0.15) is 5.52 Å². The van der Waals surface area contributed by atoms with Crippen LogP contribution < -0.4 is 11.3 Å². The fraction of sp³-hybridized carbons (Fsp3) is 0.333. The summed E-state index contributed by atoms with van der Waals surface area (Å²) in [5, 5.41) is 4.42. The lowest BCUT2D eigenvalue weighted by molar-refractivity contribution is 0.806. The maximum Gasteiger partial charge on any atom is 0.168 e. The molecule has 5 heteroatoms. The van der Waals surface area contributed by atoms with Crippen LogP contribution in [0.1, 0.15) is 24.6 Å². The molecule has 1 aliphatic rings. The van der Waals surface area contributed by atoms with Crippen molar-refractivity contribution in [1.29, 1.82) is 0 Å². The van der Waals surface area contributed by atoms with E-state index in [2.05, 4.69) is 15.5 Å². The predicted octanol–water partition coefficient (Wildman–Crippen LogP) is 0.892. The van der Waals surface area contributed by atoms with Gasteiger partial charge in [0.15, 0.2) is 11.6 Å². The molecule has 0 unspecified atom stereocenters. The van der Waals surface area contributed by atoms with E-state index in [0.717, 1.165) is 11.3 Å². The molecule has 1 saturated carbocycles. The Morgan fingerprint density at radius 3 is 3.07 bits per heavy atom. The van der Waals surface area contributed by atoms with E-state index in [1.165, 1.54) is 12.8 Å². The summed E-state index contributed by atoms with van der Waals surface area (Å²) >= 11 is 0. The summed E-state index contributed by atoms with van der Waals surface area (Å²) in [4.78, 5) is 4.39. The fourth-order valence-electron chi connectivity index (χ4n) is 1.57. The minimum absolute atomic E-state index is 0.536. The van der Waals surface area contributed by atoms with Gasteiger partial charge in [-0.3, -0.25) is 0 Å². The van der Waals surface area contributed by atoms with Gasteiger partial charge in [-0.15, -0.1) is 0 Å². The van der Waals surface area contributed by atoms with Crippen molar-refractivity contribution in [2.75, 3.05) is 5.43 Å². The quantitative estimate of drug-likeness (QED) is 0.544. The molecule has 3 rings (SSSR count). The number of nitrogen functional groups attached to an aromatic ring is 1. The first kappa shape index (κ1) is 7.75. The van der Waals surface area contributed by atoms with Gasteiger partial charge in [0.05, 0.1) is 0 Å². The molecule has 3 N–H and O–H groups in total. The molecule has 0 bridgehead atoms. The van der Waals surface area contributed by atoms with Crippen LogP contribution in [0.5, 0.6) is 0 Å². The predicted molar refractivity (Wildman–Crippen MR) is 52.8 cm³/mol. The zero-order chi connectivity index (χ0) is 9.54. The van der Waals surface area contributed by atoms with Gasteiger partial charge in [0.25, 0.3) is 0 Å². The molecule has 14 heavy (non-hydrogen) atoms. The van der Waals surface area contributed by atoms with Crippen LogP contribution >= 0.6 is 0 Å². The van der Waals surface area contributed by atoms with Crippen LogP contribution in [0.4, 0.5) is 5.82 Å². The van der Waals surface area contributed by atoms with E-state index < -0.39 is 0 Å². The lowest BCUT2D eigenvalue weighted by atomic mass is 10.4. The van der Waals surface area contributed by atoms with Crippen molar-refractivity contribution in [3.8, 4) is 0 Å². The molecular weight excluding hydrogens is 178 g/mol. The molecule has 1 fully saturated rings. The Morgan fingerprint density at radius 2 is 2.36 bits per heavy atom. The molecule has 0 saturated heterocycles. The number of hydrogen-bond donors (Lipinski definition) is 2. The van der Waals surface area contributed by atoms with Gasteiger partial charge in [-0.1, -0.05) is 0 Å². The van der Waals surface area contributed by atoms with Crippen LogP contribution in [-0.2, 0) is 0 Å². The lowest BCUT2D eigenvalue weighted by Crippen LogP contribution is -2.12. The summed E-state index contributed by atoms with van der Waals surface area (Å²) in [7, 11) is 0. The van der Waals surface area contributed by atoms with Gasteiger partial charge in [-0.25, -0.2) is 15.3 Å². The van der Waals surface area contributed by atoms with Crippen LogP contribution in [0.25, 0.3) is 5.52 Å². The van der Waals surface area contributed by atoms with E-state index in [1.807, 2.05) is 22.8 Å². The van der Waals surface area contributed by atoms with E-state index in [4.69, 9.17) is 5.84 Å². The highest BCUT2D eigenvalue weighted by molar-refractivity contribution is 5.66. The van der Waals surface area contributed by atoms with Gasteiger partial charge in [0.2, 0.25) is 0 Å². The number of hydrazine groups is 1. The summed E-state index contributed by atoms with van der Waals surface area (Å²) in [6.07, 6.45) is 4.29. The Morgan fingerprint density at radius 1 is 1.50 bits per heavy atom. The fourth-order valence-corrected chi connectivity index (χ4v) is 1.57. The minimum atomic E-state index is 0.536. The van der Waals surface area contributed by atoms with Crippen LogP contribution in [0, 0.1) is 0 Å². The van der Waals surface area contributed by atoms with Crippen LogP contribution in [0.3, 0.4) is 0 Å². The zero-order valence-electron chi connectivity index (χ0n) is 7.64. The number of anilines is 1. The summed E-state index contributed by atoms with van der Waals surface area (Å²) in [5.41, 5.74) is 3.52. The monoisotopic (exact) mass is 189 g/mol. The largest absolute Gasteiger partial charge is 0.307 e. The minimum Gasteiger partial charge on any atom is -0.307 e. The molecule has 72 valence electrons. The Labute approximate surface area is 80.9 Å². The Hall–Kier alpha value is -1.62. The first-order valence-electron chi connectivity index (χ1n) is 4.70. The summed E-state index contributed by atoms with van der Waals surface area (Å²) in [6, 6.07) is 3.87. The van der Waals surface area contributed by atoms with Crippen LogP contribution in [-0.4, -0.2) is 14.6 Å². The standard InChI is InChI=1S/C9H11N5/c10-12-9-7-2-1-5-14(7)13-8(11-9)6-3-4-6/h1-2,5-6H,3-4,10H2,(H,11,12,13). The second-order valence-electron chi connectivity index (χ2n) is 3.58. The first-order chi connectivity index (χ1) is 6.88. The van der Waals surface area contributed by atoms with E-state index in [1.54, 1.807) is 0 Å². The molecule has 1 aliphatic carbocycles. The molecule has 5 nitrogen and oxygen atoms in total. The second-order valence-corrected chi connectivity index (χ2v) is 3.58. The van der Waals surface area contributed by atoms with Gasteiger partial charge < -0.3 is 5.43 Å². The molecule has 0 aromatic carbocycles. The van der Waals surface area contributed by atoms with E-state index in [9.17, 15) is 0 Å². The molecule has 2 aromatic rings. The van der Waals surface area contributed by atoms with Crippen molar-refractivity contribution in [3.63, 3.8) is 0 Å². The third-order valence-corrected chi connectivity index (χ3v) is 2.49. The van der Waals surface area contributed by atoms with Gasteiger partial charge in [0, 0.05) is 12.1 Å². The number of nitrogens with one attached hydrogen (secondary N) is 1. The summed E-state index contributed by atoms with van der Waals surface area (Å²) in [5.74, 6) is 7.54. The Balaban J connectivity index is 2.23. The SMILES string of the molecule is NNc1nc(C2CC2)nn2cccc12. The maximum absolute atomic E-state index is 5.41. The molecule has 2 heterocycles. The maximum atomic E-state index is 5.41. The normalized spacial score (nSPS) is 16.1. The Bertz CT molecular complexity index is 471. The van der Waals surface area contributed by atoms with Crippen LogP contribution in [0.2, 0.25) is 0 Å². The highest BCUT2D eigenvalue weighted by atomic mass is 15.3. The van der Waals surface area contributed by atoms with E-state index in [0.29, 0.717) is 11.7 Å². The number of nitrogens with zero attached hydrogens (tertiary/aromatic N) is 3. The molecule has 0 radical (unpaired) electrons. The highest BCUT2D eigenvalue weighted by Gasteiger charge is 2.27. The molecule has 0 spiro atoms. The van der Waals surface area contributed by atoms with E-state index in [-0.39, 0.29) is 0 Å². The van der Waals surface area contributed by atoms with Gasteiger partial charge >= 0.3 is 0 Å². The number of nitrogens with two attached hydrogens (primary N) is 1. The molecular formula is C9H11N5. The molecule has 0 atom stereocenters. The van der Waals surface area contributed by atoms with E-state index >= 15 is 0 Å². The van der Waals surface area contributed by atoms with Crippen molar-refractivity contribution in [2.24, 2.45) is 5.84 Å². The molecule has 2 aromatic heterocycles. The second kappa shape index (κ2) is 2.68. The van der Waals surface area contributed by atoms with Gasteiger partial charge in [-0.2, -0.15) is 5.10 Å². The molecule has 0 amide bonds. The summed E-state index contributed by atoms with van der Waals surface area (Å²) in [6.45, 7) is 0. The smallest absolute Gasteiger partial charge is 0.168 e. The van der Waals surface area contributed by atoms with Crippen molar-refractivity contribution < 1.29 is 0 Å². The van der Waals surface area contributed by atoms with Crippen molar-refractivity contribution in [3.05, 3.63) is 24.2 Å². The zero-order valence-corrected chi connectivity index (χ0v) is 7.64. The third-order valence-electron chi connectivity index (χ3n) is 2.49. The number of hydrogen-bond acceptors (Lipinski definition) is 4. The average molecular weight is 189 g/mol. The van der Waals surface area contributed by atoms with Crippen molar-refractivity contribution in [1.82, 2.24) is 14.6 Å². The number of aromatic nitrogens is 3. The van der Waals surface area contributed by atoms with Crippen molar-refractivity contribution >= 4 is 11.3 Å².